The van der Waals surface area contributed by atoms with Crippen molar-refractivity contribution in [3.63, 3.8) is 0 Å². The third kappa shape index (κ3) is 5.23. The molecule has 1 aliphatic heterocycles. The van der Waals surface area contributed by atoms with Crippen molar-refractivity contribution in [1.82, 2.24) is 4.98 Å². The third-order valence-electron chi connectivity index (χ3n) is 5.55. The van der Waals surface area contributed by atoms with Crippen LogP contribution >= 0.6 is 0 Å². The topological polar surface area (TPSA) is 87.5 Å². The lowest BCUT2D eigenvalue weighted by Gasteiger charge is -2.34. The van der Waals surface area contributed by atoms with Gasteiger partial charge < -0.3 is 19.7 Å². The van der Waals surface area contributed by atoms with Crippen LogP contribution in [0.15, 0.2) is 54.7 Å². The fraction of sp³-hybridized carbons (Fsp3) is 0.240. The Balaban J connectivity index is 1.46. The number of halogens is 2. The van der Waals surface area contributed by atoms with Crippen molar-refractivity contribution in [3.8, 4) is 17.6 Å². The first-order valence-corrected chi connectivity index (χ1v) is 10.7. The lowest BCUT2D eigenvalue weighted by Crippen LogP contribution is -2.38. The van der Waals surface area contributed by atoms with Crippen molar-refractivity contribution in [2.45, 2.75) is 18.9 Å². The van der Waals surface area contributed by atoms with Gasteiger partial charge in [-0.05, 0) is 42.5 Å². The number of piperidine rings is 1. The van der Waals surface area contributed by atoms with Gasteiger partial charge in [0.15, 0.2) is 11.6 Å². The van der Waals surface area contributed by atoms with Gasteiger partial charge in [0.1, 0.15) is 23.4 Å². The molecular formula is C25H22F2N4O3. The second-order valence-corrected chi connectivity index (χ2v) is 7.76. The van der Waals surface area contributed by atoms with Crippen LogP contribution in [0.25, 0.3) is 0 Å². The summed E-state index contributed by atoms with van der Waals surface area (Å²) in [4.78, 5) is 18.9. The van der Waals surface area contributed by atoms with Crippen molar-refractivity contribution in [2.24, 2.45) is 0 Å². The number of aromatic nitrogens is 1. The maximum atomic E-state index is 13.9. The van der Waals surface area contributed by atoms with Crippen molar-refractivity contribution >= 4 is 17.3 Å². The van der Waals surface area contributed by atoms with E-state index in [9.17, 15) is 18.8 Å². The van der Waals surface area contributed by atoms with Crippen LogP contribution in [0.5, 0.6) is 11.5 Å². The lowest BCUT2D eigenvalue weighted by atomic mass is 10.1. The second kappa shape index (κ2) is 10.2. The average molecular weight is 464 g/mol. The number of pyridine rings is 1. The van der Waals surface area contributed by atoms with Crippen LogP contribution in [-0.4, -0.2) is 37.2 Å². The van der Waals surface area contributed by atoms with Crippen molar-refractivity contribution in [1.29, 1.82) is 5.26 Å². The Kier molecular flexibility index (Phi) is 6.87. The molecule has 0 unspecified atom stereocenters. The highest BCUT2D eigenvalue weighted by Gasteiger charge is 2.24. The van der Waals surface area contributed by atoms with E-state index < -0.39 is 17.5 Å². The molecule has 0 atom stereocenters. The highest BCUT2D eigenvalue weighted by molar-refractivity contribution is 6.04. The molecular weight excluding hydrogens is 442 g/mol. The lowest BCUT2D eigenvalue weighted by molar-refractivity contribution is 0.102. The minimum absolute atomic E-state index is 0.0261. The van der Waals surface area contributed by atoms with Gasteiger partial charge in [0.05, 0.1) is 36.3 Å². The monoisotopic (exact) mass is 464 g/mol. The number of benzene rings is 2. The van der Waals surface area contributed by atoms with Gasteiger partial charge in [0.2, 0.25) is 0 Å². The Morgan fingerprint density at radius 3 is 2.59 bits per heavy atom. The maximum absolute atomic E-state index is 13.9. The third-order valence-corrected chi connectivity index (χ3v) is 5.55. The van der Waals surface area contributed by atoms with Crippen LogP contribution in [0.3, 0.4) is 0 Å². The maximum Gasteiger partial charge on any atom is 0.274 e. The van der Waals surface area contributed by atoms with Crippen LogP contribution < -0.4 is 19.7 Å². The average Bonchev–Trinajstić information content (AvgIpc) is 2.86. The molecule has 3 aromatic rings. The number of amides is 1. The normalized spacial score (nSPS) is 13.8. The molecule has 1 amide bonds. The van der Waals surface area contributed by atoms with Gasteiger partial charge in [-0.1, -0.05) is 0 Å². The summed E-state index contributed by atoms with van der Waals surface area (Å²) in [5, 5.41) is 12.2. The number of methoxy groups -OCH3 is 1. The zero-order valence-electron chi connectivity index (χ0n) is 18.4. The minimum atomic E-state index is -0.730. The molecule has 0 radical (unpaired) electrons. The Labute approximate surface area is 195 Å². The Morgan fingerprint density at radius 1 is 1.15 bits per heavy atom. The van der Waals surface area contributed by atoms with E-state index in [1.807, 2.05) is 0 Å². The molecule has 1 N–H and O–H groups in total. The van der Waals surface area contributed by atoms with E-state index >= 15 is 0 Å². The van der Waals surface area contributed by atoms with Crippen LogP contribution in [0, 0.1) is 23.0 Å². The Morgan fingerprint density at radius 2 is 1.94 bits per heavy atom. The summed E-state index contributed by atoms with van der Waals surface area (Å²) >= 11 is 0. The molecule has 174 valence electrons. The van der Waals surface area contributed by atoms with Gasteiger partial charge in [-0.15, -0.1) is 0 Å². The number of rotatable bonds is 6. The van der Waals surface area contributed by atoms with Gasteiger partial charge in [0, 0.05) is 32.0 Å². The summed E-state index contributed by atoms with van der Waals surface area (Å²) in [6.07, 6.45) is 2.43. The summed E-state index contributed by atoms with van der Waals surface area (Å²) in [6, 6.07) is 13.6. The van der Waals surface area contributed by atoms with E-state index in [2.05, 4.69) is 21.3 Å². The van der Waals surface area contributed by atoms with Gasteiger partial charge in [-0.2, -0.15) is 5.26 Å². The minimum Gasteiger partial charge on any atom is -0.495 e. The fourth-order valence-electron chi connectivity index (χ4n) is 3.77. The molecule has 7 nitrogen and oxygen atoms in total. The standard InChI is InChI=1S/C25H22F2N4O3/c1-33-19-4-5-21(29-15-19)25(32)30-22-12-16(14-28)2-6-23(22)31-10-8-18(9-11-31)34-24-7-3-17(26)13-20(24)27/h2-7,12-13,15,18H,8-11H2,1H3,(H,30,32). The fourth-order valence-corrected chi connectivity index (χ4v) is 3.77. The molecule has 9 heteroatoms. The number of anilines is 2. The smallest absolute Gasteiger partial charge is 0.274 e. The largest absolute Gasteiger partial charge is 0.495 e. The highest BCUT2D eigenvalue weighted by atomic mass is 19.1. The predicted molar refractivity (Wildman–Crippen MR) is 122 cm³/mol. The van der Waals surface area contributed by atoms with Gasteiger partial charge in [-0.25, -0.2) is 13.8 Å². The van der Waals surface area contributed by atoms with E-state index in [1.165, 1.54) is 19.4 Å². The molecule has 0 spiro atoms. The zero-order valence-corrected chi connectivity index (χ0v) is 18.4. The number of nitrogens with zero attached hydrogens (tertiary/aromatic N) is 3. The van der Waals surface area contributed by atoms with E-state index in [0.717, 1.165) is 17.8 Å². The number of ether oxygens (including phenoxy) is 2. The molecule has 1 fully saturated rings. The molecule has 1 aromatic heterocycles. The SMILES string of the molecule is COc1ccc(C(=O)Nc2cc(C#N)ccc2N2CCC(Oc3ccc(F)cc3F)CC2)nc1. The van der Waals surface area contributed by atoms with Gasteiger partial charge >= 0.3 is 0 Å². The molecule has 4 rings (SSSR count). The van der Waals surface area contributed by atoms with Crippen molar-refractivity contribution in [2.75, 3.05) is 30.4 Å². The van der Waals surface area contributed by atoms with Crippen molar-refractivity contribution < 1.29 is 23.0 Å². The zero-order chi connectivity index (χ0) is 24.1. The molecule has 2 aromatic carbocycles. The molecule has 1 saturated heterocycles. The van der Waals surface area contributed by atoms with E-state index in [0.29, 0.717) is 42.9 Å². The highest BCUT2D eigenvalue weighted by Crippen LogP contribution is 2.31. The molecule has 0 aliphatic carbocycles. The van der Waals surface area contributed by atoms with Crippen molar-refractivity contribution in [3.05, 3.63) is 77.6 Å². The quantitative estimate of drug-likeness (QED) is 0.576. The van der Waals surface area contributed by atoms with Gasteiger partial charge in [-0.3, -0.25) is 4.79 Å². The number of hydrogen-bond acceptors (Lipinski definition) is 6. The van der Waals surface area contributed by atoms with Crippen LogP contribution in [0.2, 0.25) is 0 Å². The molecule has 0 saturated carbocycles. The number of hydrogen-bond donors (Lipinski definition) is 1. The van der Waals surface area contributed by atoms with Crippen LogP contribution in [-0.2, 0) is 0 Å². The number of carbonyl (C=O) groups excluding carboxylic acids is 1. The van der Waals surface area contributed by atoms with E-state index in [-0.39, 0.29) is 17.5 Å². The summed E-state index contributed by atoms with van der Waals surface area (Å²) in [7, 11) is 1.51. The first-order chi connectivity index (χ1) is 16.5. The van der Waals surface area contributed by atoms with E-state index in [4.69, 9.17) is 9.47 Å². The predicted octanol–water partition coefficient (Wildman–Crippen LogP) is 4.54. The van der Waals surface area contributed by atoms with Gasteiger partial charge in [0.25, 0.3) is 5.91 Å². The second-order valence-electron chi connectivity index (χ2n) is 7.76. The van der Waals surface area contributed by atoms with Crippen LogP contribution in [0.4, 0.5) is 20.2 Å². The molecule has 34 heavy (non-hydrogen) atoms. The summed E-state index contributed by atoms with van der Waals surface area (Å²) in [5.74, 6) is -1.23. The molecule has 0 bridgehead atoms. The number of nitriles is 1. The first kappa shape index (κ1) is 23.0. The summed E-state index contributed by atoms with van der Waals surface area (Å²) in [5.41, 5.74) is 1.87. The van der Waals surface area contributed by atoms with Crippen LogP contribution in [0.1, 0.15) is 28.9 Å². The molecule has 2 heterocycles. The summed E-state index contributed by atoms with van der Waals surface area (Å²) in [6.45, 7) is 1.17. The number of nitrogens with one attached hydrogen (secondary N) is 1. The van der Waals surface area contributed by atoms with E-state index in [1.54, 1.807) is 30.3 Å². The Bertz CT molecular complexity index is 1220. The number of carbonyl (C=O) groups is 1. The molecule has 1 aliphatic rings. The first-order valence-electron chi connectivity index (χ1n) is 10.7. The summed E-state index contributed by atoms with van der Waals surface area (Å²) < 4.78 is 37.9. The Hall–Kier alpha value is -4.19.